The van der Waals surface area contributed by atoms with Crippen molar-refractivity contribution in [3.8, 4) is 0 Å². The Kier molecular flexibility index (Phi) is 6.02. The van der Waals surface area contributed by atoms with Gasteiger partial charge in [-0.3, -0.25) is 4.79 Å². The van der Waals surface area contributed by atoms with Crippen molar-refractivity contribution in [2.45, 2.75) is 32.3 Å². The molecule has 0 aliphatic carbocycles. The van der Waals surface area contributed by atoms with Crippen molar-refractivity contribution in [2.24, 2.45) is 0 Å². The van der Waals surface area contributed by atoms with Crippen LogP contribution < -0.4 is 5.32 Å². The Balaban J connectivity index is 1.55. The first-order valence-electron chi connectivity index (χ1n) is 7.30. The fourth-order valence-corrected chi connectivity index (χ4v) is 2.26. The van der Waals surface area contributed by atoms with Crippen molar-refractivity contribution in [2.75, 3.05) is 26.4 Å². The Labute approximate surface area is 120 Å². The topological polar surface area (TPSA) is 47.6 Å². The lowest BCUT2D eigenvalue weighted by atomic mass is 10.1. The van der Waals surface area contributed by atoms with E-state index in [4.69, 9.17) is 9.47 Å². The lowest BCUT2D eigenvalue weighted by Crippen LogP contribution is -2.25. The van der Waals surface area contributed by atoms with Crippen LogP contribution in [-0.2, 0) is 9.47 Å². The number of benzene rings is 1. The summed E-state index contributed by atoms with van der Waals surface area (Å²) in [5.74, 6) is -0.0205. The van der Waals surface area contributed by atoms with Crippen molar-refractivity contribution >= 4 is 5.91 Å². The van der Waals surface area contributed by atoms with Crippen LogP contribution in [0.15, 0.2) is 24.3 Å². The Morgan fingerprint density at radius 3 is 3.15 bits per heavy atom. The summed E-state index contributed by atoms with van der Waals surface area (Å²) in [5, 5.41) is 2.90. The van der Waals surface area contributed by atoms with Crippen molar-refractivity contribution < 1.29 is 14.3 Å². The third-order valence-corrected chi connectivity index (χ3v) is 3.36. The van der Waals surface area contributed by atoms with Gasteiger partial charge in [-0.1, -0.05) is 17.7 Å². The second-order valence-electron chi connectivity index (χ2n) is 5.19. The zero-order valence-corrected chi connectivity index (χ0v) is 12.1. The van der Waals surface area contributed by atoms with E-state index in [1.54, 1.807) is 0 Å². The molecule has 0 radical (unpaired) electrons. The molecule has 0 spiro atoms. The van der Waals surface area contributed by atoms with E-state index in [0.717, 1.165) is 31.4 Å². The largest absolute Gasteiger partial charge is 0.379 e. The van der Waals surface area contributed by atoms with E-state index in [2.05, 4.69) is 5.32 Å². The van der Waals surface area contributed by atoms with Gasteiger partial charge in [0.25, 0.3) is 5.91 Å². The molecule has 0 saturated carbocycles. The van der Waals surface area contributed by atoms with Gasteiger partial charge in [0.1, 0.15) is 0 Å². The number of rotatable bonds is 7. The van der Waals surface area contributed by atoms with Gasteiger partial charge in [0.2, 0.25) is 0 Å². The normalized spacial score (nSPS) is 18.1. The standard InChI is InChI=1S/C16H23NO3/c1-13-5-2-6-14(11-13)16(18)17-8-4-9-19-12-15-7-3-10-20-15/h2,5-6,11,15H,3-4,7-10,12H2,1H3,(H,17,18)/t15-/m1/s1. The molecule has 1 amide bonds. The number of carbonyl (C=O) groups excluding carboxylic acids is 1. The number of nitrogens with one attached hydrogen (secondary N) is 1. The van der Waals surface area contributed by atoms with Gasteiger partial charge in [0.15, 0.2) is 0 Å². The maximum absolute atomic E-state index is 11.9. The molecule has 1 heterocycles. The fraction of sp³-hybridized carbons (Fsp3) is 0.562. The number of hydrogen-bond donors (Lipinski definition) is 1. The van der Waals surface area contributed by atoms with Crippen LogP contribution in [-0.4, -0.2) is 38.4 Å². The molecule has 4 nitrogen and oxygen atoms in total. The van der Waals surface area contributed by atoms with Crippen molar-refractivity contribution in [1.82, 2.24) is 5.32 Å². The van der Waals surface area contributed by atoms with Gasteiger partial charge in [-0.05, 0) is 38.3 Å². The van der Waals surface area contributed by atoms with E-state index in [9.17, 15) is 4.79 Å². The molecule has 110 valence electrons. The maximum Gasteiger partial charge on any atom is 0.251 e. The van der Waals surface area contributed by atoms with Gasteiger partial charge >= 0.3 is 0 Å². The van der Waals surface area contributed by atoms with E-state index in [1.165, 1.54) is 0 Å². The van der Waals surface area contributed by atoms with Gasteiger partial charge in [-0.2, -0.15) is 0 Å². The highest BCUT2D eigenvalue weighted by Gasteiger charge is 2.14. The first kappa shape index (κ1) is 15.0. The predicted molar refractivity (Wildman–Crippen MR) is 77.9 cm³/mol. The van der Waals surface area contributed by atoms with Crippen LogP contribution in [0.3, 0.4) is 0 Å². The Bertz CT molecular complexity index is 427. The molecular weight excluding hydrogens is 254 g/mol. The highest BCUT2D eigenvalue weighted by Crippen LogP contribution is 2.11. The second kappa shape index (κ2) is 8.02. The zero-order valence-electron chi connectivity index (χ0n) is 12.1. The van der Waals surface area contributed by atoms with Gasteiger partial charge < -0.3 is 14.8 Å². The third-order valence-electron chi connectivity index (χ3n) is 3.36. The molecule has 1 atom stereocenters. The molecule has 1 saturated heterocycles. The lowest BCUT2D eigenvalue weighted by molar-refractivity contribution is 0.0166. The SMILES string of the molecule is Cc1cccc(C(=O)NCCCOC[C@H]2CCCO2)c1. The summed E-state index contributed by atoms with van der Waals surface area (Å²) >= 11 is 0. The Morgan fingerprint density at radius 2 is 2.40 bits per heavy atom. The number of amides is 1. The summed E-state index contributed by atoms with van der Waals surface area (Å²) in [6.45, 7) is 4.81. The van der Waals surface area contributed by atoms with Crippen LogP contribution in [0.4, 0.5) is 0 Å². The van der Waals surface area contributed by atoms with Crippen molar-refractivity contribution in [3.05, 3.63) is 35.4 Å². The van der Waals surface area contributed by atoms with Crippen LogP contribution in [0.1, 0.15) is 35.2 Å². The average Bonchev–Trinajstić information content (AvgIpc) is 2.95. The van der Waals surface area contributed by atoms with E-state index < -0.39 is 0 Å². The molecule has 0 aromatic heterocycles. The summed E-state index contributed by atoms with van der Waals surface area (Å²) in [6.07, 6.45) is 3.34. The molecule has 1 N–H and O–H groups in total. The summed E-state index contributed by atoms with van der Waals surface area (Å²) in [4.78, 5) is 11.9. The van der Waals surface area contributed by atoms with Gasteiger partial charge in [0, 0.05) is 25.3 Å². The summed E-state index contributed by atoms with van der Waals surface area (Å²) in [6, 6.07) is 7.60. The van der Waals surface area contributed by atoms with Crippen LogP contribution in [0, 0.1) is 6.92 Å². The number of hydrogen-bond acceptors (Lipinski definition) is 3. The maximum atomic E-state index is 11.9. The van der Waals surface area contributed by atoms with Crippen molar-refractivity contribution in [1.29, 1.82) is 0 Å². The molecule has 1 aromatic carbocycles. The molecule has 4 heteroatoms. The first-order valence-corrected chi connectivity index (χ1v) is 7.30. The lowest BCUT2D eigenvalue weighted by Gasteiger charge is -2.10. The minimum absolute atomic E-state index is 0.0205. The van der Waals surface area contributed by atoms with Gasteiger partial charge in [-0.25, -0.2) is 0 Å². The minimum Gasteiger partial charge on any atom is -0.379 e. The molecule has 0 bridgehead atoms. The van der Waals surface area contributed by atoms with Crippen molar-refractivity contribution in [3.63, 3.8) is 0 Å². The number of carbonyl (C=O) groups is 1. The van der Waals surface area contributed by atoms with E-state index in [1.807, 2.05) is 31.2 Å². The zero-order chi connectivity index (χ0) is 14.2. The fourth-order valence-electron chi connectivity index (χ4n) is 2.26. The molecule has 1 aliphatic heterocycles. The summed E-state index contributed by atoms with van der Waals surface area (Å²) in [5.41, 5.74) is 1.81. The molecule has 1 aromatic rings. The van der Waals surface area contributed by atoms with Crippen LogP contribution in [0.2, 0.25) is 0 Å². The highest BCUT2D eigenvalue weighted by atomic mass is 16.5. The number of aryl methyl sites for hydroxylation is 1. The van der Waals surface area contributed by atoms with Crippen LogP contribution in [0.25, 0.3) is 0 Å². The van der Waals surface area contributed by atoms with E-state index in [0.29, 0.717) is 25.3 Å². The summed E-state index contributed by atoms with van der Waals surface area (Å²) < 4.78 is 11.0. The quantitative estimate of drug-likeness (QED) is 0.778. The Morgan fingerprint density at radius 1 is 1.50 bits per heavy atom. The average molecular weight is 277 g/mol. The molecule has 1 aliphatic rings. The van der Waals surface area contributed by atoms with Gasteiger partial charge in [-0.15, -0.1) is 0 Å². The number of ether oxygens (including phenoxy) is 2. The van der Waals surface area contributed by atoms with Gasteiger partial charge in [0.05, 0.1) is 12.7 Å². The van der Waals surface area contributed by atoms with E-state index >= 15 is 0 Å². The molecular formula is C16H23NO3. The molecule has 0 unspecified atom stereocenters. The molecule has 2 rings (SSSR count). The smallest absolute Gasteiger partial charge is 0.251 e. The predicted octanol–water partition coefficient (Wildman–Crippen LogP) is 2.31. The monoisotopic (exact) mass is 277 g/mol. The Hall–Kier alpha value is -1.39. The van der Waals surface area contributed by atoms with Crippen LogP contribution >= 0.6 is 0 Å². The first-order chi connectivity index (χ1) is 9.75. The third kappa shape index (κ3) is 4.94. The minimum atomic E-state index is -0.0205. The van der Waals surface area contributed by atoms with E-state index in [-0.39, 0.29) is 12.0 Å². The van der Waals surface area contributed by atoms with Crippen LogP contribution in [0.5, 0.6) is 0 Å². The molecule has 1 fully saturated rings. The second-order valence-corrected chi connectivity index (χ2v) is 5.19. The molecule has 20 heavy (non-hydrogen) atoms. The summed E-state index contributed by atoms with van der Waals surface area (Å²) in [7, 11) is 0. The highest BCUT2D eigenvalue weighted by molar-refractivity contribution is 5.94.